The van der Waals surface area contributed by atoms with Crippen LogP contribution in [-0.2, 0) is 7.05 Å². The van der Waals surface area contributed by atoms with E-state index in [9.17, 15) is 0 Å². The summed E-state index contributed by atoms with van der Waals surface area (Å²) in [5.74, 6) is 7.07. The molecule has 1 aliphatic carbocycles. The maximum Gasteiger partial charge on any atom is 0.126 e. The van der Waals surface area contributed by atoms with Gasteiger partial charge in [0.05, 0.1) is 12.2 Å². The molecule has 5 N–H and O–H groups in total. The maximum atomic E-state index is 5.92. The van der Waals surface area contributed by atoms with Crippen LogP contribution in [0.15, 0.2) is 6.20 Å². The Bertz CT molecular complexity index is 329. The van der Waals surface area contributed by atoms with Crippen LogP contribution in [0, 0.1) is 5.92 Å². The van der Waals surface area contributed by atoms with Gasteiger partial charge in [0.15, 0.2) is 0 Å². The van der Waals surface area contributed by atoms with Crippen molar-refractivity contribution in [2.45, 2.75) is 31.7 Å². The van der Waals surface area contributed by atoms with Crippen LogP contribution >= 0.6 is 0 Å². The molecule has 0 bridgehead atoms. The third-order valence-electron chi connectivity index (χ3n) is 3.38. The van der Waals surface area contributed by atoms with Gasteiger partial charge in [0.2, 0.25) is 0 Å². The number of hydrogen-bond donors (Lipinski definition) is 3. The Hall–Kier alpha value is -1.07. The molecular formula is C10H19N5. The minimum Gasteiger partial charge on any atom is -0.384 e. The number of nitrogen functional groups attached to an aromatic ring is 1. The second kappa shape index (κ2) is 4.20. The molecule has 1 fully saturated rings. The van der Waals surface area contributed by atoms with Crippen LogP contribution in [0.2, 0.25) is 0 Å². The number of nitrogens with two attached hydrogens (primary N) is 2. The highest BCUT2D eigenvalue weighted by Gasteiger charge is 2.24. The highest BCUT2D eigenvalue weighted by molar-refractivity contribution is 5.40. The van der Waals surface area contributed by atoms with Crippen molar-refractivity contribution in [3.8, 4) is 0 Å². The monoisotopic (exact) mass is 209 g/mol. The molecule has 1 aromatic heterocycles. The average Bonchev–Trinajstić information content (AvgIpc) is 2.48. The summed E-state index contributed by atoms with van der Waals surface area (Å²) in [6, 6.07) is 0.143. The molecule has 1 aromatic rings. The SMILES string of the molecule is Cn1ncc(C(CC2CCC2)NN)c1N. The lowest BCUT2D eigenvalue weighted by Gasteiger charge is -2.29. The first-order valence-corrected chi connectivity index (χ1v) is 5.46. The standard InChI is InChI=1S/C10H19N5/c1-15-10(11)8(6-13-15)9(14-12)5-7-3-2-4-7/h6-7,9,14H,2-5,11-12H2,1H3. The van der Waals surface area contributed by atoms with E-state index in [0.29, 0.717) is 5.82 Å². The molecule has 1 saturated carbocycles. The second-order valence-corrected chi connectivity index (χ2v) is 4.36. The summed E-state index contributed by atoms with van der Waals surface area (Å²) < 4.78 is 1.68. The van der Waals surface area contributed by atoms with Crippen LogP contribution in [0.25, 0.3) is 0 Å². The number of aromatic nitrogens is 2. The van der Waals surface area contributed by atoms with E-state index in [-0.39, 0.29) is 6.04 Å². The Kier molecular flexibility index (Phi) is 2.93. The Balaban J connectivity index is 2.07. The van der Waals surface area contributed by atoms with E-state index >= 15 is 0 Å². The summed E-state index contributed by atoms with van der Waals surface area (Å²) >= 11 is 0. The van der Waals surface area contributed by atoms with Gasteiger partial charge in [0.1, 0.15) is 5.82 Å². The van der Waals surface area contributed by atoms with Gasteiger partial charge in [0, 0.05) is 12.6 Å². The Morgan fingerprint density at radius 3 is 2.80 bits per heavy atom. The fraction of sp³-hybridized carbons (Fsp3) is 0.700. The fourth-order valence-corrected chi connectivity index (χ4v) is 2.08. The molecule has 84 valence electrons. The molecule has 15 heavy (non-hydrogen) atoms. The third kappa shape index (κ3) is 1.98. The minimum atomic E-state index is 0.143. The molecule has 5 heteroatoms. The fourth-order valence-electron chi connectivity index (χ4n) is 2.08. The van der Waals surface area contributed by atoms with Gasteiger partial charge in [-0.1, -0.05) is 19.3 Å². The molecule has 0 amide bonds. The second-order valence-electron chi connectivity index (χ2n) is 4.36. The number of hydrazine groups is 1. The predicted octanol–water partition coefficient (Wildman–Crippen LogP) is 0.697. The van der Waals surface area contributed by atoms with Crippen molar-refractivity contribution in [3.05, 3.63) is 11.8 Å². The zero-order valence-corrected chi connectivity index (χ0v) is 9.11. The normalized spacial score (nSPS) is 18.8. The number of hydrogen-bond acceptors (Lipinski definition) is 4. The first kappa shape index (κ1) is 10.4. The molecule has 1 aliphatic rings. The maximum absolute atomic E-state index is 5.92. The van der Waals surface area contributed by atoms with Crippen LogP contribution in [0.5, 0.6) is 0 Å². The van der Waals surface area contributed by atoms with Crippen molar-refractivity contribution in [3.63, 3.8) is 0 Å². The van der Waals surface area contributed by atoms with Crippen molar-refractivity contribution >= 4 is 5.82 Å². The predicted molar refractivity (Wildman–Crippen MR) is 59.6 cm³/mol. The summed E-state index contributed by atoms with van der Waals surface area (Å²) in [5.41, 5.74) is 9.78. The van der Waals surface area contributed by atoms with Crippen molar-refractivity contribution in [2.75, 3.05) is 5.73 Å². The highest BCUT2D eigenvalue weighted by Crippen LogP contribution is 2.35. The lowest BCUT2D eigenvalue weighted by Crippen LogP contribution is -2.31. The summed E-state index contributed by atoms with van der Waals surface area (Å²) in [5, 5.41) is 4.13. The number of nitrogens with one attached hydrogen (secondary N) is 1. The molecule has 0 saturated heterocycles. The van der Waals surface area contributed by atoms with Gasteiger partial charge >= 0.3 is 0 Å². The number of anilines is 1. The van der Waals surface area contributed by atoms with Gasteiger partial charge in [-0.25, -0.2) is 0 Å². The first-order valence-electron chi connectivity index (χ1n) is 5.46. The molecule has 1 heterocycles. The van der Waals surface area contributed by atoms with Gasteiger partial charge in [-0.05, 0) is 12.3 Å². The largest absolute Gasteiger partial charge is 0.384 e. The van der Waals surface area contributed by atoms with E-state index in [1.165, 1.54) is 19.3 Å². The highest BCUT2D eigenvalue weighted by atomic mass is 15.3. The van der Waals surface area contributed by atoms with E-state index in [2.05, 4.69) is 10.5 Å². The molecule has 1 atom stereocenters. The molecule has 0 aliphatic heterocycles. The summed E-state index contributed by atoms with van der Waals surface area (Å²) in [7, 11) is 1.84. The minimum absolute atomic E-state index is 0.143. The molecular weight excluding hydrogens is 190 g/mol. The van der Waals surface area contributed by atoms with Crippen LogP contribution in [-0.4, -0.2) is 9.78 Å². The topological polar surface area (TPSA) is 81.9 Å². The number of rotatable bonds is 4. The Labute approximate surface area is 89.8 Å². The molecule has 0 spiro atoms. The van der Waals surface area contributed by atoms with Crippen LogP contribution in [0.3, 0.4) is 0 Å². The van der Waals surface area contributed by atoms with Crippen molar-refractivity contribution in [1.29, 1.82) is 0 Å². The zero-order valence-electron chi connectivity index (χ0n) is 9.11. The van der Waals surface area contributed by atoms with Crippen molar-refractivity contribution in [1.82, 2.24) is 15.2 Å². The molecule has 0 radical (unpaired) electrons. The van der Waals surface area contributed by atoms with Crippen LogP contribution < -0.4 is 17.0 Å². The third-order valence-corrected chi connectivity index (χ3v) is 3.38. The van der Waals surface area contributed by atoms with Crippen molar-refractivity contribution < 1.29 is 0 Å². The smallest absolute Gasteiger partial charge is 0.126 e. The van der Waals surface area contributed by atoms with Crippen LogP contribution in [0.1, 0.15) is 37.3 Å². The molecule has 2 rings (SSSR count). The summed E-state index contributed by atoms with van der Waals surface area (Å²) in [4.78, 5) is 0. The zero-order chi connectivity index (χ0) is 10.8. The van der Waals surface area contributed by atoms with E-state index in [4.69, 9.17) is 11.6 Å². The summed E-state index contributed by atoms with van der Waals surface area (Å²) in [6.07, 6.45) is 6.85. The van der Waals surface area contributed by atoms with Gasteiger partial charge in [-0.15, -0.1) is 0 Å². The van der Waals surface area contributed by atoms with E-state index in [1.54, 1.807) is 10.9 Å². The van der Waals surface area contributed by atoms with E-state index in [0.717, 1.165) is 17.9 Å². The number of aryl methyl sites for hydroxylation is 1. The Morgan fingerprint density at radius 1 is 1.67 bits per heavy atom. The van der Waals surface area contributed by atoms with Gasteiger partial charge in [-0.2, -0.15) is 5.10 Å². The molecule has 0 aromatic carbocycles. The van der Waals surface area contributed by atoms with Crippen molar-refractivity contribution in [2.24, 2.45) is 18.8 Å². The van der Waals surface area contributed by atoms with E-state index < -0.39 is 0 Å². The van der Waals surface area contributed by atoms with Gasteiger partial charge in [0.25, 0.3) is 0 Å². The molecule has 5 nitrogen and oxygen atoms in total. The average molecular weight is 209 g/mol. The lowest BCUT2D eigenvalue weighted by molar-refractivity contribution is 0.262. The Morgan fingerprint density at radius 2 is 2.40 bits per heavy atom. The van der Waals surface area contributed by atoms with E-state index in [1.807, 2.05) is 7.05 Å². The first-order chi connectivity index (χ1) is 7.22. The van der Waals surface area contributed by atoms with Crippen LogP contribution in [0.4, 0.5) is 5.82 Å². The lowest BCUT2D eigenvalue weighted by atomic mass is 9.80. The quantitative estimate of drug-likeness (QED) is 0.503. The van der Waals surface area contributed by atoms with Gasteiger partial charge in [-0.3, -0.25) is 16.0 Å². The van der Waals surface area contributed by atoms with Gasteiger partial charge < -0.3 is 5.73 Å². The molecule has 1 unspecified atom stereocenters. The number of nitrogens with zero attached hydrogens (tertiary/aromatic N) is 2. The summed E-state index contributed by atoms with van der Waals surface area (Å²) in [6.45, 7) is 0.